The molecule has 72 valence electrons. The summed E-state index contributed by atoms with van der Waals surface area (Å²) in [6, 6.07) is 1.76. The molecule has 1 aliphatic rings. The van der Waals surface area contributed by atoms with E-state index in [0.717, 1.165) is 31.6 Å². The molecule has 0 spiro atoms. The van der Waals surface area contributed by atoms with Crippen molar-refractivity contribution >= 4 is 0 Å². The molecule has 0 amide bonds. The van der Waals surface area contributed by atoms with Crippen LogP contribution in [0.1, 0.15) is 25.0 Å². The molecule has 1 saturated heterocycles. The molecule has 1 aliphatic heterocycles. The van der Waals surface area contributed by atoms with Crippen molar-refractivity contribution in [1.82, 2.24) is 5.16 Å². The van der Waals surface area contributed by atoms with Gasteiger partial charge in [0.25, 0.3) is 5.88 Å². The van der Waals surface area contributed by atoms with E-state index < -0.39 is 0 Å². The number of rotatable bonds is 2. The highest BCUT2D eigenvalue weighted by Gasteiger charge is 2.16. The Bertz CT molecular complexity index is 266. The molecule has 1 aromatic rings. The summed E-state index contributed by atoms with van der Waals surface area (Å²) in [6.45, 7) is 2.61. The van der Waals surface area contributed by atoms with Crippen molar-refractivity contribution < 1.29 is 14.0 Å². The van der Waals surface area contributed by atoms with Crippen LogP contribution in [0, 0.1) is 6.92 Å². The largest absolute Gasteiger partial charge is 0.446 e. The van der Waals surface area contributed by atoms with E-state index in [0.29, 0.717) is 5.88 Å². The van der Waals surface area contributed by atoms with Crippen molar-refractivity contribution in [3.8, 4) is 5.88 Å². The van der Waals surface area contributed by atoms with E-state index in [2.05, 4.69) is 5.16 Å². The molecular weight excluding hydrogens is 170 g/mol. The molecule has 1 fully saturated rings. The maximum absolute atomic E-state index is 5.45. The summed E-state index contributed by atoms with van der Waals surface area (Å²) in [7, 11) is 0. The van der Waals surface area contributed by atoms with E-state index in [1.807, 2.05) is 6.92 Å². The molecule has 1 atom stereocenters. The smallest absolute Gasteiger partial charge is 0.256 e. The van der Waals surface area contributed by atoms with E-state index in [4.69, 9.17) is 14.0 Å². The zero-order valence-corrected chi connectivity index (χ0v) is 7.66. The molecule has 13 heavy (non-hydrogen) atoms. The molecule has 0 aliphatic carbocycles. The third-order valence-corrected chi connectivity index (χ3v) is 2.00. The maximum atomic E-state index is 5.45. The molecule has 4 heteroatoms. The van der Waals surface area contributed by atoms with Crippen molar-refractivity contribution in [1.29, 1.82) is 0 Å². The number of ether oxygens (including phenoxy) is 2. The fourth-order valence-electron chi connectivity index (χ4n) is 1.34. The van der Waals surface area contributed by atoms with Crippen molar-refractivity contribution in [2.24, 2.45) is 0 Å². The normalized spacial score (nSPS) is 23.0. The van der Waals surface area contributed by atoms with Gasteiger partial charge in [0.15, 0.2) is 0 Å². The van der Waals surface area contributed by atoms with Gasteiger partial charge in [-0.05, 0) is 24.9 Å². The van der Waals surface area contributed by atoms with Gasteiger partial charge in [-0.25, -0.2) is 0 Å². The van der Waals surface area contributed by atoms with Gasteiger partial charge in [0.2, 0.25) is 6.29 Å². The first-order chi connectivity index (χ1) is 6.34. The standard InChI is InChI=1S/C9H13NO3/c1-7-6-8(10-13-7)12-9-4-2-3-5-11-9/h6,9H,2-5H2,1H3. The van der Waals surface area contributed by atoms with Crippen LogP contribution in [0.3, 0.4) is 0 Å². The highest BCUT2D eigenvalue weighted by atomic mass is 16.7. The van der Waals surface area contributed by atoms with E-state index in [9.17, 15) is 0 Å². The Morgan fingerprint density at radius 1 is 1.54 bits per heavy atom. The fraction of sp³-hybridized carbons (Fsp3) is 0.667. The quantitative estimate of drug-likeness (QED) is 0.702. The monoisotopic (exact) mass is 183 g/mol. The molecule has 4 nitrogen and oxygen atoms in total. The Balaban J connectivity index is 1.89. The lowest BCUT2D eigenvalue weighted by Crippen LogP contribution is -2.25. The Hall–Kier alpha value is -1.03. The lowest BCUT2D eigenvalue weighted by molar-refractivity contribution is -0.108. The van der Waals surface area contributed by atoms with Gasteiger partial charge in [0.05, 0.1) is 6.61 Å². The van der Waals surface area contributed by atoms with Crippen LogP contribution in [0.15, 0.2) is 10.6 Å². The summed E-state index contributed by atoms with van der Waals surface area (Å²) < 4.78 is 15.7. The highest BCUT2D eigenvalue weighted by molar-refractivity contribution is 5.09. The molecule has 0 saturated carbocycles. The van der Waals surface area contributed by atoms with Crippen molar-refractivity contribution in [2.75, 3.05) is 6.61 Å². The number of hydrogen-bond acceptors (Lipinski definition) is 4. The number of hydrogen-bond donors (Lipinski definition) is 0. The molecule has 1 aromatic heterocycles. The molecular formula is C9H13NO3. The van der Waals surface area contributed by atoms with Crippen LogP contribution in [0.2, 0.25) is 0 Å². The second-order valence-corrected chi connectivity index (χ2v) is 3.19. The minimum absolute atomic E-state index is 0.141. The van der Waals surface area contributed by atoms with Gasteiger partial charge in [-0.1, -0.05) is 0 Å². The van der Waals surface area contributed by atoms with Crippen LogP contribution < -0.4 is 4.74 Å². The Labute approximate surface area is 76.8 Å². The minimum Gasteiger partial charge on any atom is -0.446 e. The van der Waals surface area contributed by atoms with Crippen molar-refractivity contribution in [3.63, 3.8) is 0 Å². The predicted molar refractivity (Wildman–Crippen MR) is 45.5 cm³/mol. The van der Waals surface area contributed by atoms with Crippen LogP contribution in [0.4, 0.5) is 0 Å². The Morgan fingerprint density at radius 3 is 3.08 bits per heavy atom. The highest BCUT2D eigenvalue weighted by Crippen LogP contribution is 2.18. The maximum Gasteiger partial charge on any atom is 0.256 e. The summed E-state index contributed by atoms with van der Waals surface area (Å²) >= 11 is 0. The Kier molecular flexibility index (Phi) is 2.49. The van der Waals surface area contributed by atoms with Crippen LogP contribution in [0.25, 0.3) is 0 Å². The second-order valence-electron chi connectivity index (χ2n) is 3.19. The zero-order chi connectivity index (χ0) is 9.10. The molecule has 0 bridgehead atoms. The zero-order valence-electron chi connectivity index (χ0n) is 7.66. The topological polar surface area (TPSA) is 44.5 Å². The van der Waals surface area contributed by atoms with Crippen molar-refractivity contribution in [3.05, 3.63) is 11.8 Å². The van der Waals surface area contributed by atoms with Gasteiger partial charge >= 0.3 is 0 Å². The van der Waals surface area contributed by atoms with Crippen LogP contribution >= 0.6 is 0 Å². The molecule has 0 N–H and O–H groups in total. The first-order valence-electron chi connectivity index (χ1n) is 4.56. The SMILES string of the molecule is Cc1cc(OC2CCCCO2)no1. The van der Waals surface area contributed by atoms with Gasteiger partial charge in [-0.3, -0.25) is 0 Å². The third-order valence-electron chi connectivity index (χ3n) is 2.00. The summed E-state index contributed by atoms with van der Waals surface area (Å²) in [6.07, 6.45) is 3.07. The number of nitrogens with zero attached hydrogens (tertiary/aromatic N) is 1. The summed E-state index contributed by atoms with van der Waals surface area (Å²) in [4.78, 5) is 0. The number of aromatic nitrogens is 1. The van der Waals surface area contributed by atoms with Crippen LogP contribution in [-0.2, 0) is 4.74 Å². The van der Waals surface area contributed by atoms with Crippen LogP contribution in [-0.4, -0.2) is 18.1 Å². The summed E-state index contributed by atoms with van der Waals surface area (Å²) in [5, 5.41) is 3.73. The second kappa shape index (κ2) is 3.79. The van der Waals surface area contributed by atoms with Gasteiger partial charge in [-0.15, -0.1) is 0 Å². The van der Waals surface area contributed by atoms with Crippen LogP contribution in [0.5, 0.6) is 5.88 Å². The van der Waals surface area contributed by atoms with E-state index in [-0.39, 0.29) is 6.29 Å². The molecule has 1 unspecified atom stereocenters. The molecule has 2 heterocycles. The van der Waals surface area contributed by atoms with E-state index >= 15 is 0 Å². The van der Waals surface area contributed by atoms with Gasteiger partial charge < -0.3 is 14.0 Å². The number of aryl methyl sites for hydroxylation is 1. The van der Waals surface area contributed by atoms with Gasteiger partial charge in [-0.2, -0.15) is 0 Å². The Morgan fingerprint density at radius 2 is 2.46 bits per heavy atom. The molecule has 2 rings (SSSR count). The average molecular weight is 183 g/mol. The molecule has 0 aromatic carbocycles. The predicted octanol–water partition coefficient (Wildman–Crippen LogP) is 1.89. The minimum atomic E-state index is -0.141. The van der Waals surface area contributed by atoms with E-state index in [1.165, 1.54) is 0 Å². The van der Waals surface area contributed by atoms with Gasteiger partial charge in [0.1, 0.15) is 5.76 Å². The van der Waals surface area contributed by atoms with Gasteiger partial charge in [0, 0.05) is 12.5 Å². The fourth-order valence-corrected chi connectivity index (χ4v) is 1.34. The third kappa shape index (κ3) is 2.21. The first kappa shape index (κ1) is 8.56. The van der Waals surface area contributed by atoms with Crippen molar-refractivity contribution in [2.45, 2.75) is 32.5 Å². The van der Waals surface area contributed by atoms with E-state index in [1.54, 1.807) is 6.07 Å². The molecule has 0 radical (unpaired) electrons. The summed E-state index contributed by atoms with van der Waals surface area (Å²) in [5.41, 5.74) is 0. The average Bonchev–Trinajstić information content (AvgIpc) is 2.53. The lowest BCUT2D eigenvalue weighted by Gasteiger charge is -2.21. The lowest BCUT2D eigenvalue weighted by atomic mass is 10.2. The summed E-state index contributed by atoms with van der Waals surface area (Å²) in [5.74, 6) is 1.27. The first-order valence-corrected chi connectivity index (χ1v) is 4.56.